The number of hydrogen-bond acceptors (Lipinski definition) is 2. The molecule has 0 N–H and O–H groups in total. The molecule has 2 saturated heterocycles. The van der Waals surface area contributed by atoms with Gasteiger partial charge in [-0.15, -0.1) is 0 Å². The first-order valence-corrected chi connectivity index (χ1v) is 6.08. The molecule has 2 aliphatic heterocycles. The quantitative estimate of drug-likeness (QED) is 0.674. The summed E-state index contributed by atoms with van der Waals surface area (Å²) in [5.41, 5.74) is 0. The molecule has 2 unspecified atom stereocenters. The van der Waals surface area contributed by atoms with E-state index in [9.17, 15) is 4.79 Å². The van der Waals surface area contributed by atoms with Crippen molar-refractivity contribution in [3.05, 3.63) is 0 Å². The van der Waals surface area contributed by atoms with Crippen LogP contribution in [-0.4, -0.2) is 29.3 Å². The first kappa shape index (κ1) is 10.2. The molecule has 0 spiro atoms. The summed E-state index contributed by atoms with van der Waals surface area (Å²) in [6.07, 6.45) is 7.92. The number of fused-ring (bicyclic) bond motifs is 2. The van der Waals surface area contributed by atoms with Gasteiger partial charge in [0.25, 0.3) is 0 Å². The Morgan fingerprint density at radius 1 is 1.29 bits per heavy atom. The van der Waals surface area contributed by atoms with Crippen LogP contribution >= 0.6 is 0 Å². The molecule has 2 nitrogen and oxygen atoms in total. The third-order valence-electron chi connectivity index (χ3n) is 3.71. The molecular weight excluding hydrogens is 174 g/mol. The van der Waals surface area contributed by atoms with E-state index in [0.29, 0.717) is 11.8 Å². The van der Waals surface area contributed by atoms with E-state index >= 15 is 0 Å². The number of Topliss-reactive ketones (excluding diaryl/α,β-unsaturated/α-hetero) is 1. The largest absolute Gasteiger partial charge is 0.300 e. The van der Waals surface area contributed by atoms with Crippen molar-refractivity contribution < 1.29 is 4.79 Å². The Morgan fingerprint density at radius 3 is 2.86 bits per heavy atom. The molecule has 80 valence electrons. The minimum atomic E-state index is 0.500. The molecule has 2 heteroatoms. The van der Waals surface area contributed by atoms with Crippen LogP contribution in [0.5, 0.6) is 0 Å². The third kappa shape index (κ3) is 2.00. The van der Waals surface area contributed by atoms with Crippen LogP contribution < -0.4 is 0 Å². The monoisotopic (exact) mass is 195 g/mol. The lowest BCUT2D eigenvalue weighted by atomic mass is 9.94. The van der Waals surface area contributed by atoms with Crippen LogP contribution in [0, 0.1) is 0 Å². The lowest BCUT2D eigenvalue weighted by Crippen LogP contribution is -2.45. The van der Waals surface area contributed by atoms with Crippen LogP contribution in [0.4, 0.5) is 0 Å². The number of carbonyl (C=O) groups excluding carboxylic acids is 1. The van der Waals surface area contributed by atoms with Crippen LogP contribution in [0.1, 0.15) is 51.9 Å². The van der Waals surface area contributed by atoms with E-state index in [2.05, 4.69) is 11.8 Å². The summed E-state index contributed by atoms with van der Waals surface area (Å²) in [6, 6.07) is 1.31. The van der Waals surface area contributed by atoms with E-state index in [0.717, 1.165) is 25.3 Å². The Labute approximate surface area is 86.7 Å². The van der Waals surface area contributed by atoms with Crippen molar-refractivity contribution in [3.63, 3.8) is 0 Å². The van der Waals surface area contributed by atoms with E-state index in [-0.39, 0.29) is 0 Å². The highest BCUT2D eigenvalue weighted by Crippen LogP contribution is 2.31. The SMILES string of the molecule is CCCN1C2CCCC1CC(=O)CC2. The van der Waals surface area contributed by atoms with Gasteiger partial charge in [0.1, 0.15) is 5.78 Å². The standard InChI is InChI=1S/C12H21NO/c1-2-8-13-10-4-3-5-11(13)9-12(14)7-6-10/h10-11H,2-9H2,1H3. The van der Waals surface area contributed by atoms with E-state index < -0.39 is 0 Å². The first-order chi connectivity index (χ1) is 6.81. The highest BCUT2D eigenvalue weighted by atomic mass is 16.1. The lowest BCUT2D eigenvalue weighted by Gasteiger charge is -2.40. The molecule has 0 aromatic carbocycles. The fraction of sp³-hybridized carbons (Fsp3) is 0.917. The zero-order valence-corrected chi connectivity index (χ0v) is 9.17. The van der Waals surface area contributed by atoms with E-state index in [1.807, 2.05) is 0 Å². The Morgan fingerprint density at radius 2 is 2.07 bits per heavy atom. The zero-order chi connectivity index (χ0) is 9.97. The molecule has 14 heavy (non-hydrogen) atoms. The highest BCUT2D eigenvalue weighted by Gasteiger charge is 2.33. The normalized spacial score (nSPS) is 34.2. The summed E-state index contributed by atoms with van der Waals surface area (Å²) >= 11 is 0. The van der Waals surface area contributed by atoms with Crippen molar-refractivity contribution in [1.82, 2.24) is 4.90 Å². The summed E-state index contributed by atoms with van der Waals surface area (Å²) in [4.78, 5) is 14.2. The summed E-state index contributed by atoms with van der Waals surface area (Å²) in [6.45, 7) is 3.44. The molecule has 2 fully saturated rings. The fourth-order valence-corrected chi connectivity index (χ4v) is 3.06. The van der Waals surface area contributed by atoms with Gasteiger partial charge in [0.15, 0.2) is 0 Å². The maximum absolute atomic E-state index is 11.5. The van der Waals surface area contributed by atoms with Crippen molar-refractivity contribution in [2.75, 3.05) is 6.54 Å². The molecule has 0 radical (unpaired) electrons. The first-order valence-electron chi connectivity index (χ1n) is 6.08. The van der Waals surface area contributed by atoms with E-state index in [4.69, 9.17) is 0 Å². The third-order valence-corrected chi connectivity index (χ3v) is 3.71. The Bertz CT molecular complexity index is 214. The Hall–Kier alpha value is -0.370. The number of ketones is 1. The van der Waals surface area contributed by atoms with Gasteiger partial charge >= 0.3 is 0 Å². The second kappa shape index (κ2) is 4.43. The summed E-state index contributed by atoms with van der Waals surface area (Å²) in [5, 5.41) is 0. The summed E-state index contributed by atoms with van der Waals surface area (Å²) < 4.78 is 0. The molecule has 2 heterocycles. The van der Waals surface area contributed by atoms with Gasteiger partial charge in [-0.1, -0.05) is 13.3 Å². The number of carbonyl (C=O) groups is 1. The molecule has 0 aromatic heterocycles. The van der Waals surface area contributed by atoms with Gasteiger partial charge in [0, 0.05) is 24.9 Å². The van der Waals surface area contributed by atoms with E-state index in [1.54, 1.807) is 0 Å². The fourth-order valence-electron chi connectivity index (χ4n) is 3.06. The second-order valence-electron chi connectivity index (χ2n) is 4.76. The van der Waals surface area contributed by atoms with Gasteiger partial charge in [-0.2, -0.15) is 0 Å². The average molecular weight is 195 g/mol. The molecule has 0 amide bonds. The van der Waals surface area contributed by atoms with Gasteiger partial charge in [-0.25, -0.2) is 0 Å². The van der Waals surface area contributed by atoms with Crippen molar-refractivity contribution in [3.8, 4) is 0 Å². The molecule has 2 bridgehead atoms. The van der Waals surface area contributed by atoms with Crippen LogP contribution in [0.25, 0.3) is 0 Å². The van der Waals surface area contributed by atoms with E-state index in [1.165, 1.54) is 32.2 Å². The molecule has 0 saturated carbocycles. The van der Waals surface area contributed by atoms with Crippen molar-refractivity contribution in [2.24, 2.45) is 0 Å². The molecule has 2 rings (SSSR count). The average Bonchev–Trinajstić information content (AvgIpc) is 2.27. The van der Waals surface area contributed by atoms with Crippen LogP contribution in [0.2, 0.25) is 0 Å². The van der Waals surface area contributed by atoms with Gasteiger partial charge in [-0.05, 0) is 32.2 Å². The number of nitrogens with zero attached hydrogens (tertiary/aromatic N) is 1. The number of rotatable bonds is 2. The predicted molar refractivity (Wildman–Crippen MR) is 57.3 cm³/mol. The summed E-state index contributed by atoms with van der Waals surface area (Å²) in [7, 11) is 0. The van der Waals surface area contributed by atoms with Crippen LogP contribution in [0.3, 0.4) is 0 Å². The van der Waals surface area contributed by atoms with Gasteiger partial charge in [0.05, 0.1) is 0 Å². The zero-order valence-electron chi connectivity index (χ0n) is 9.17. The number of piperidine rings is 1. The van der Waals surface area contributed by atoms with Crippen molar-refractivity contribution in [2.45, 2.75) is 64.0 Å². The minimum Gasteiger partial charge on any atom is -0.300 e. The second-order valence-corrected chi connectivity index (χ2v) is 4.76. The Kier molecular flexibility index (Phi) is 3.22. The molecule has 2 aliphatic rings. The highest BCUT2D eigenvalue weighted by molar-refractivity contribution is 5.79. The summed E-state index contributed by atoms with van der Waals surface area (Å²) in [5.74, 6) is 0.500. The van der Waals surface area contributed by atoms with Gasteiger partial charge < -0.3 is 0 Å². The topological polar surface area (TPSA) is 20.3 Å². The molecular formula is C12H21NO. The number of hydrogen-bond donors (Lipinski definition) is 0. The van der Waals surface area contributed by atoms with Crippen molar-refractivity contribution >= 4 is 5.78 Å². The Balaban J connectivity index is 2.09. The molecule has 0 aliphatic carbocycles. The minimum absolute atomic E-state index is 0.500. The molecule has 2 atom stereocenters. The van der Waals surface area contributed by atoms with Crippen LogP contribution in [0.15, 0.2) is 0 Å². The van der Waals surface area contributed by atoms with Gasteiger partial charge in [0.2, 0.25) is 0 Å². The van der Waals surface area contributed by atoms with Crippen molar-refractivity contribution in [1.29, 1.82) is 0 Å². The lowest BCUT2D eigenvalue weighted by molar-refractivity contribution is -0.119. The van der Waals surface area contributed by atoms with Crippen LogP contribution in [-0.2, 0) is 4.79 Å². The smallest absolute Gasteiger partial charge is 0.134 e. The van der Waals surface area contributed by atoms with Gasteiger partial charge in [-0.3, -0.25) is 9.69 Å². The predicted octanol–water partition coefficient (Wildman–Crippen LogP) is 2.37. The maximum atomic E-state index is 11.5. The molecule has 0 aromatic rings. The maximum Gasteiger partial charge on any atom is 0.134 e.